The first-order valence-electron chi connectivity index (χ1n) is 6.60. The molecule has 0 fully saturated rings. The molecule has 0 amide bonds. The molecule has 3 heteroatoms. The minimum absolute atomic E-state index is 0.0224. The van der Waals surface area contributed by atoms with Gasteiger partial charge in [0.1, 0.15) is 0 Å². The Balaban J connectivity index is 3.70. The molecule has 0 aromatic heterocycles. The van der Waals surface area contributed by atoms with Crippen molar-refractivity contribution in [2.24, 2.45) is 0 Å². The molecule has 0 aliphatic heterocycles. The first-order chi connectivity index (χ1) is 8.48. The van der Waals surface area contributed by atoms with Crippen LogP contribution in [0.15, 0.2) is 12.1 Å². The van der Waals surface area contributed by atoms with E-state index < -0.39 is 13.8 Å². The van der Waals surface area contributed by atoms with Crippen LogP contribution in [0, 0.1) is 0 Å². The second kappa shape index (κ2) is 5.47. The molecule has 0 aliphatic rings. The Morgan fingerprint density at radius 2 is 1.58 bits per heavy atom. The normalized spacial score (nSPS) is 14.5. The van der Waals surface area contributed by atoms with Gasteiger partial charge >= 0.3 is 121 Å². The summed E-state index contributed by atoms with van der Waals surface area (Å²) in [5, 5.41) is 9.63. The van der Waals surface area contributed by atoms with Crippen LogP contribution >= 0.6 is 0 Å². The molecular formula is C16H26O2Se. The molecule has 19 heavy (non-hydrogen) atoms. The Kier molecular flexibility index (Phi) is 4.77. The zero-order valence-corrected chi connectivity index (χ0v) is 14.8. The van der Waals surface area contributed by atoms with Crippen LogP contribution in [0.2, 0.25) is 5.82 Å². The van der Waals surface area contributed by atoms with Crippen LogP contribution in [0.3, 0.4) is 0 Å². The molecular weight excluding hydrogens is 303 g/mol. The molecule has 1 unspecified atom stereocenters. The van der Waals surface area contributed by atoms with Gasteiger partial charge in [0.15, 0.2) is 0 Å². The first kappa shape index (κ1) is 16.6. The predicted molar refractivity (Wildman–Crippen MR) is 81.7 cm³/mol. The molecule has 0 aliphatic carbocycles. The number of rotatable bonds is 2. The van der Waals surface area contributed by atoms with Crippen LogP contribution in [0.5, 0.6) is 0 Å². The van der Waals surface area contributed by atoms with Crippen molar-refractivity contribution in [3.8, 4) is 0 Å². The van der Waals surface area contributed by atoms with E-state index in [2.05, 4.69) is 47.6 Å². The van der Waals surface area contributed by atoms with Crippen molar-refractivity contribution in [2.45, 2.75) is 64.8 Å². The topological polar surface area (TPSA) is 37.3 Å². The average molecular weight is 329 g/mol. The predicted octanol–water partition coefficient (Wildman–Crippen LogP) is 3.03. The monoisotopic (exact) mass is 330 g/mol. The number of hydrogen-bond acceptors (Lipinski definition) is 2. The van der Waals surface area contributed by atoms with E-state index in [-0.39, 0.29) is 17.4 Å². The van der Waals surface area contributed by atoms with Gasteiger partial charge in [0.25, 0.3) is 0 Å². The third kappa shape index (κ3) is 3.75. The fourth-order valence-corrected chi connectivity index (χ4v) is 4.59. The molecule has 108 valence electrons. The van der Waals surface area contributed by atoms with Gasteiger partial charge in [0, 0.05) is 0 Å². The summed E-state index contributed by atoms with van der Waals surface area (Å²) < 4.78 is 13.0. The Bertz CT molecular complexity index is 491. The molecule has 2 nitrogen and oxygen atoms in total. The van der Waals surface area contributed by atoms with E-state index in [0.29, 0.717) is 0 Å². The standard InChI is InChI=1S/C16H26O2Se/c1-15(2,3)12-8-11(10-17)14(19(7)18)13(9-12)16(4,5)6/h8-9,17H,10H2,1-7H3. The van der Waals surface area contributed by atoms with Crippen molar-refractivity contribution < 1.29 is 8.94 Å². The van der Waals surface area contributed by atoms with Gasteiger partial charge in [0.05, 0.1) is 0 Å². The maximum atomic E-state index is 12.2. The third-order valence-electron chi connectivity index (χ3n) is 3.30. The minimum atomic E-state index is -2.07. The molecule has 1 atom stereocenters. The number of hydrogen-bond donors (Lipinski definition) is 1. The van der Waals surface area contributed by atoms with Gasteiger partial charge in [-0.3, -0.25) is 0 Å². The van der Waals surface area contributed by atoms with Crippen molar-refractivity contribution in [1.29, 1.82) is 0 Å². The van der Waals surface area contributed by atoms with Crippen molar-refractivity contribution in [3.05, 3.63) is 28.8 Å². The molecule has 0 spiro atoms. The van der Waals surface area contributed by atoms with E-state index in [1.165, 1.54) is 5.56 Å². The van der Waals surface area contributed by atoms with Gasteiger partial charge in [-0.25, -0.2) is 0 Å². The summed E-state index contributed by atoms with van der Waals surface area (Å²) in [4.78, 5) is 0. The number of aliphatic hydroxyl groups excluding tert-OH is 1. The molecule has 1 aromatic rings. The Morgan fingerprint density at radius 3 is 1.89 bits per heavy atom. The molecule has 0 saturated heterocycles. The van der Waals surface area contributed by atoms with Crippen molar-refractivity contribution in [3.63, 3.8) is 0 Å². The molecule has 0 radical (unpaired) electrons. The summed E-state index contributed by atoms with van der Waals surface area (Å²) in [7, 11) is 0. The second-order valence-electron chi connectivity index (χ2n) is 7.12. The van der Waals surface area contributed by atoms with E-state index >= 15 is 0 Å². The fourth-order valence-electron chi connectivity index (χ4n) is 2.14. The Labute approximate surface area is 121 Å². The van der Waals surface area contributed by atoms with Gasteiger partial charge < -0.3 is 0 Å². The van der Waals surface area contributed by atoms with Crippen LogP contribution in [0.4, 0.5) is 0 Å². The van der Waals surface area contributed by atoms with E-state index in [1.807, 2.05) is 6.07 Å². The fraction of sp³-hybridized carbons (Fsp3) is 0.625. The van der Waals surface area contributed by atoms with Gasteiger partial charge in [-0.2, -0.15) is 0 Å². The van der Waals surface area contributed by atoms with E-state index in [0.717, 1.165) is 15.6 Å². The zero-order valence-electron chi connectivity index (χ0n) is 13.1. The quantitative estimate of drug-likeness (QED) is 0.847. The van der Waals surface area contributed by atoms with Crippen LogP contribution in [0.25, 0.3) is 0 Å². The summed E-state index contributed by atoms with van der Waals surface area (Å²) in [6, 6.07) is 4.19. The Hall–Kier alpha value is -0.501. The molecule has 0 heterocycles. The second-order valence-corrected chi connectivity index (χ2v) is 9.89. The van der Waals surface area contributed by atoms with Crippen LogP contribution in [-0.2, 0) is 21.3 Å². The van der Waals surface area contributed by atoms with Crippen molar-refractivity contribution >= 4 is 18.3 Å². The Morgan fingerprint density at radius 1 is 1.05 bits per heavy atom. The molecule has 0 saturated carbocycles. The van der Waals surface area contributed by atoms with E-state index in [4.69, 9.17) is 0 Å². The number of benzene rings is 1. The summed E-state index contributed by atoms with van der Waals surface area (Å²) in [5.74, 6) is 1.78. The van der Waals surface area contributed by atoms with E-state index in [1.54, 1.807) is 5.82 Å². The van der Waals surface area contributed by atoms with Crippen LogP contribution < -0.4 is 4.46 Å². The first-order valence-corrected chi connectivity index (χ1v) is 9.87. The summed E-state index contributed by atoms with van der Waals surface area (Å²) in [6.45, 7) is 12.8. The van der Waals surface area contributed by atoms with Gasteiger partial charge in [-0.15, -0.1) is 0 Å². The van der Waals surface area contributed by atoms with Crippen molar-refractivity contribution in [1.82, 2.24) is 0 Å². The van der Waals surface area contributed by atoms with Gasteiger partial charge in [0.2, 0.25) is 0 Å². The van der Waals surface area contributed by atoms with Gasteiger partial charge in [-0.05, 0) is 0 Å². The summed E-state index contributed by atoms with van der Waals surface area (Å²) in [6.07, 6.45) is 0. The average Bonchev–Trinajstić information content (AvgIpc) is 2.24. The molecule has 1 N–H and O–H groups in total. The van der Waals surface area contributed by atoms with Crippen LogP contribution in [-0.4, -0.2) is 18.9 Å². The molecule has 1 rings (SSSR count). The van der Waals surface area contributed by atoms with Crippen molar-refractivity contribution in [2.75, 3.05) is 0 Å². The van der Waals surface area contributed by atoms with Gasteiger partial charge in [-0.1, -0.05) is 0 Å². The molecule has 0 bridgehead atoms. The number of aliphatic hydroxyl groups is 1. The summed E-state index contributed by atoms with van der Waals surface area (Å²) >= 11 is -2.07. The zero-order chi connectivity index (χ0) is 15.0. The SMILES string of the molecule is C[Se](=O)c1c(CO)cc(C(C)(C)C)cc1C(C)(C)C. The maximum absolute atomic E-state index is 12.2. The van der Waals surface area contributed by atoms with Crippen LogP contribution in [0.1, 0.15) is 58.2 Å². The third-order valence-corrected chi connectivity index (χ3v) is 5.52. The molecule has 1 aromatic carbocycles. The van der Waals surface area contributed by atoms with E-state index in [9.17, 15) is 8.94 Å². The summed E-state index contributed by atoms with van der Waals surface area (Å²) in [5.41, 5.74) is 3.10.